The number of benzene rings is 3. The number of urea groups is 1. The van der Waals surface area contributed by atoms with E-state index in [1.165, 1.54) is 12.1 Å². The van der Waals surface area contributed by atoms with Crippen LogP contribution in [0.25, 0.3) is 10.8 Å². The molecule has 1 heterocycles. The zero-order valence-electron chi connectivity index (χ0n) is 16.4. The van der Waals surface area contributed by atoms with E-state index < -0.39 is 23.6 Å². The van der Waals surface area contributed by atoms with Gasteiger partial charge < -0.3 is 10.1 Å². The summed E-state index contributed by atoms with van der Waals surface area (Å²) < 4.78 is 19.5. The van der Waals surface area contributed by atoms with Gasteiger partial charge in [-0.3, -0.25) is 10.1 Å². The Labute approximate surface area is 201 Å². The first-order valence-electron chi connectivity index (χ1n) is 9.26. The van der Waals surface area contributed by atoms with Crippen LogP contribution >= 0.6 is 34.8 Å². The molecule has 0 spiro atoms. The van der Waals surface area contributed by atoms with Gasteiger partial charge in [-0.2, -0.15) is 4.39 Å². The van der Waals surface area contributed by atoms with E-state index in [0.29, 0.717) is 10.8 Å². The molecule has 0 aliphatic heterocycles. The van der Waals surface area contributed by atoms with Gasteiger partial charge in [0.2, 0.25) is 5.95 Å². The zero-order chi connectivity index (χ0) is 23.5. The van der Waals surface area contributed by atoms with Gasteiger partial charge in [-0.25, -0.2) is 14.8 Å². The largest absolute Gasteiger partial charge is 0.454 e. The van der Waals surface area contributed by atoms with E-state index in [9.17, 15) is 14.0 Å². The van der Waals surface area contributed by atoms with Gasteiger partial charge >= 0.3 is 6.03 Å². The molecule has 2 N–H and O–H groups in total. The molecule has 7 nitrogen and oxygen atoms in total. The summed E-state index contributed by atoms with van der Waals surface area (Å²) in [6.45, 7) is 0. The van der Waals surface area contributed by atoms with Gasteiger partial charge in [-0.15, -0.1) is 0 Å². The van der Waals surface area contributed by atoms with Crippen LogP contribution in [0.15, 0.2) is 60.9 Å². The normalized spacial score (nSPS) is 10.7. The second-order valence-corrected chi connectivity index (χ2v) is 7.79. The number of carbonyl (C=O) groups excluding carboxylic acids is 2. The highest BCUT2D eigenvalue weighted by molar-refractivity contribution is 6.38. The van der Waals surface area contributed by atoms with Crippen LogP contribution in [0.3, 0.4) is 0 Å². The molecule has 0 bridgehead atoms. The van der Waals surface area contributed by atoms with Crippen molar-refractivity contribution in [2.24, 2.45) is 0 Å². The third-order valence-corrected chi connectivity index (χ3v) is 5.29. The number of rotatable bonds is 4. The van der Waals surface area contributed by atoms with E-state index >= 15 is 0 Å². The van der Waals surface area contributed by atoms with E-state index in [0.717, 1.165) is 23.2 Å². The monoisotopic (exact) mass is 504 g/mol. The Hall–Kier alpha value is -3.46. The second-order valence-electron chi connectivity index (χ2n) is 6.57. The van der Waals surface area contributed by atoms with Crippen molar-refractivity contribution in [2.75, 3.05) is 5.32 Å². The molecule has 166 valence electrons. The highest BCUT2D eigenvalue weighted by Gasteiger charge is 2.18. The standard InChI is InChI=1S/C22H12Cl3FN4O3/c23-14-5-6-17(13-4-2-1-3-12(13)14)33-19-15(24)9-11(10-16(19)25)29-22(32)30-21(31)18-20(26)28-8-7-27-18/h1-10H,(H2,29,30,31,32). The number of hydrogen-bond acceptors (Lipinski definition) is 5. The van der Waals surface area contributed by atoms with Gasteiger partial charge in [0, 0.05) is 33.9 Å². The van der Waals surface area contributed by atoms with Crippen molar-refractivity contribution in [3.05, 3.63) is 87.6 Å². The SMILES string of the molecule is O=C(NC(=O)c1nccnc1F)Nc1cc(Cl)c(Oc2ccc(Cl)c3ccccc23)c(Cl)c1. The van der Waals surface area contributed by atoms with Crippen LogP contribution in [0.4, 0.5) is 14.9 Å². The minimum atomic E-state index is -1.11. The predicted molar refractivity (Wildman–Crippen MR) is 124 cm³/mol. The van der Waals surface area contributed by atoms with E-state index in [1.807, 2.05) is 29.6 Å². The molecule has 0 unspecified atom stereocenters. The van der Waals surface area contributed by atoms with E-state index in [2.05, 4.69) is 15.3 Å². The predicted octanol–water partition coefficient (Wildman–Crippen LogP) is 6.48. The molecule has 0 saturated heterocycles. The average molecular weight is 506 g/mol. The summed E-state index contributed by atoms with van der Waals surface area (Å²) in [6, 6.07) is 12.6. The number of nitrogens with one attached hydrogen (secondary N) is 2. The Balaban J connectivity index is 1.52. The molecule has 4 rings (SSSR count). The number of amides is 3. The van der Waals surface area contributed by atoms with Crippen molar-refractivity contribution < 1.29 is 18.7 Å². The molecular weight excluding hydrogens is 494 g/mol. The lowest BCUT2D eigenvalue weighted by atomic mass is 10.1. The fraction of sp³-hybridized carbons (Fsp3) is 0. The zero-order valence-corrected chi connectivity index (χ0v) is 18.7. The smallest absolute Gasteiger partial charge is 0.326 e. The highest BCUT2D eigenvalue weighted by atomic mass is 35.5. The lowest BCUT2D eigenvalue weighted by molar-refractivity contribution is 0.0956. The van der Waals surface area contributed by atoms with Crippen molar-refractivity contribution in [1.82, 2.24) is 15.3 Å². The minimum Gasteiger partial charge on any atom is -0.454 e. The summed E-state index contributed by atoms with van der Waals surface area (Å²) in [5.41, 5.74) is -0.453. The van der Waals surface area contributed by atoms with Gasteiger partial charge in [0.05, 0.1) is 10.0 Å². The van der Waals surface area contributed by atoms with Crippen LogP contribution in [0.2, 0.25) is 15.1 Å². The van der Waals surface area contributed by atoms with Crippen molar-refractivity contribution in [3.8, 4) is 11.5 Å². The Morgan fingerprint density at radius 2 is 1.55 bits per heavy atom. The number of imide groups is 1. The van der Waals surface area contributed by atoms with Gasteiger partial charge in [0.25, 0.3) is 5.91 Å². The maximum absolute atomic E-state index is 13.5. The van der Waals surface area contributed by atoms with Gasteiger partial charge in [-0.05, 0) is 24.3 Å². The summed E-state index contributed by atoms with van der Waals surface area (Å²) in [6.07, 6.45) is 2.20. The molecule has 1 aromatic heterocycles. The van der Waals surface area contributed by atoms with E-state index in [-0.39, 0.29) is 21.5 Å². The molecule has 0 radical (unpaired) electrons. The van der Waals surface area contributed by atoms with Gasteiger partial charge in [-0.1, -0.05) is 59.1 Å². The fourth-order valence-electron chi connectivity index (χ4n) is 2.96. The van der Waals surface area contributed by atoms with Crippen LogP contribution in [-0.2, 0) is 0 Å². The summed E-state index contributed by atoms with van der Waals surface area (Å²) in [4.78, 5) is 31.0. The number of aromatic nitrogens is 2. The number of halogens is 4. The van der Waals surface area contributed by atoms with Crippen molar-refractivity contribution in [3.63, 3.8) is 0 Å². The van der Waals surface area contributed by atoms with Gasteiger partial charge in [0.1, 0.15) is 5.75 Å². The highest BCUT2D eigenvalue weighted by Crippen LogP contribution is 2.41. The van der Waals surface area contributed by atoms with Crippen LogP contribution in [0.1, 0.15) is 10.5 Å². The lowest BCUT2D eigenvalue weighted by Gasteiger charge is -2.14. The maximum Gasteiger partial charge on any atom is 0.326 e. The molecule has 33 heavy (non-hydrogen) atoms. The first-order valence-corrected chi connectivity index (χ1v) is 10.4. The molecule has 3 amide bonds. The Morgan fingerprint density at radius 1 is 0.879 bits per heavy atom. The molecule has 3 aromatic carbocycles. The first kappa shape index (κ1) is 22.7. The number of anilines is 1. The molecular formula is C22H12Cl3FN4O3. The number of fused-ring (bicyclic) bond motifs is 1. The van der Waals surface area contributed by atoms with Crippen molar-refractivity contribution in [2.45, 2.75) is 0 Å². The Bertz CT molecular complexity index is 1380. The number of hydrogen-bond donors (Lipinski definition) is 2. The third-order valence-electron chi connectivity index (χ3n) is 4.39. The van der Waals surface area contributed by atoms with E-state index in [4.69, 9.17) is 39.5 Å². The molecule has 0 fully saturated rings. The minimum absolute atomic E-state index is 0.100. The molecule has 0 aliphatic rings. The quantitative estimate of drug-likeness (QED) is 0.331. The number of carbonyl (C=O) groups is 2. The molecule has 4 aromatic rings. The fourth-order valence-corrected chi connectivity index (χ4v) is 3.75. The van der Waals surface area contributed by atoms with E-state index in [1.54, 1.807) is 12.1 Å². The molecule has 0 aliphatic carbocycles. The second kappa shape index (κ2) is 9.58. The van der Waals surface area contributed by atoms with Crippen LogP contribution in [-0.4, -0.2) is 21.9 Å². The molecule has 0 saturated carbocycles. The summed E-state index contributed by atoms with van der Waals surface area (Å²) >= 11 is 18.9. The Morgan fingerprint density at radius 3 is 2.24 bits per heavy atom. The summed E-state index contributed by atoms with van der Waals surface area (Å²) in [5, 5.41) is 6.65. The van der Waals surface area contributed by atoms with Gasteiger partial charge in [0.15, 0.2) is 11.4 Å². The van der Waals surface area contributed by atoms with Crippen LogP contribution in [0.5, 0.6) is 11.5 Å². The van der Waals surface area contributed by atoms with Crippen LogP contribution in [0, 0.1) is 5.95 Å². The number of ether oxygens (including phenoxy) is 1. The van der Waals surface area contributed by atoms with Crippen molar-refractivity contribution >= 4 is 63.2 Å². The third kappa shape index (κ3) is 4.98. The Kier molecular flexibility index (Phi) is 6.60. The lowest BCUT2D eigenvalue weighted by Crippen LogP contribution is -2.35. The first-order chi connectivity index (χ1) is 15.8. The number of nitrogens with zero attached hydrogens (tertiary/aromatic N) is 2. The summed E-state index contributed by atoms with van der Waals surface area (Å²) in [7, 11) is 0. The van der Waals surface area contributed by atoms with Crippen molar-refractivity contribution in [1.29, 1.82) is 0 Å². The molecule has 0 atom stereocenters. The molecule has 11 heteroatoms. The topological polar surface area (TPSA) is 93.2 Å². The maximum atomic E-state index is 13.5. The van der Waals surface area contributed by atoms with Crippen LogP contribution < -0.4 is 15.4 Å². The average Bonchev–Trinajstić information content (AvgIpc) is 2.78. The summed E-state index contributed by atoms with van der Waals surface area (Å²) in [5.74, 6) is -1.53.